The third kappa shape index (κ3) is 5.14. The van der Waals surface area contributed by atoms with Gasteiger partial charge in [-0.15, -0.1) is 0 Å². The van der Waals surface area contributed by atoms with E-state index < -0.39 is 10.0 Å². The second kappa shape index (κ2) is 7.42. The molecule has 1 aromatic heterocycles. The van der Waals surface area contributed by atoms with Gasteiger partial charge in [-0.05, 0) is 25.6 Å². The summed E-state index contributed by atoms with van der Waals surface area (Å²) in [5, 5.41) is 0. The zero-order valence-electron chi connectivity index (χ0n) is 11.3. The van der Waals surface area contributed by atoms with Crippen molar-refractivity contribution in [3.05, 3.63) is 28.7 Å². The SMILES string of the molecule is CCCN(CC)CCNS(=O)(=O)c1ccc(=O)[nH]c1. The topological polar surface area (TPSA) is 82.3 Å². The minimum atomic E-state index is -3.54. The molecule has 0 fully saturated rings. The maximum atomic E-state index is 11.9. The standard InChI is InChI=1S/C12H21N3O3S/c1-3-8-15(4-2)9-7-14-19(17,18)11-5-6-12(16)13-10-11/h5-6,10,14H,3-4,7-9H2,1-2H3,(H,13,16). The van der Waals surface area contributed by atoms with Gasteiger partial charge in [-0.25, -0.2) is 13.1 Å². The van der Waals surface area contributed by atoms with E-state index in [0.29, 0.717) is 13.1 Å². The maximum absolute atomic E-state index is 11.9. The number of aromatic nitrogens is 1. The molecule has 19 heavy (non-hydrogen) atoms. The predicted molar refractivity (Wildman–Crippen MR) is 74.7 cm³/mol. The zero-order chi connectivity index (χ0) is 14.3. The van der Waals surface area contributed by atoms with Gasteiger partial charge in [0.2, 0.25) is 15.6 Å². The summed E-state index contributed by atoms with van der Waals surface area (Å²) in [6.07, 6.45) is 2.24. The molecule has 0 aliphatic carbocycles. The molecule has 0 atom stereocenters. The Bertz CT molecular complexity index is 519. The van der Waals surface area contributed by atoms with Crippen LogP contribution in [-0.4, -0.2) is 44.5 Å². The van der Waals surface area contributed by atoms with E-state index in [2.05, 4.69) is 21.5 Å². The van der Waals surface area contributed by atoms with Gasteiger partial charge in [0, 0.05) is 25.4 Å². The maximum Gasteiger partial charge on any atom is 0.247 e. The van der Waals surface area contributed by atoms with Gasteiger partial charge in [-0.3, -0.25) is 4.79 Å². The highest BCUT2D eigenvalue weighted by Crippen LogP contribution is 2.03. The lowest BCUT2D eigenvalue weighted by Crippen LogP contribution is -2.35. The van der Waals surface area contributed by atoms with Gasteiger partial charge in [0.25, 0.3) is 0 Å². The van der Waals surface area contributed by atoms with Gasteiger partial charge in [-0.1, -0.05) is 13.8 Å². The van der Waals surface area contributed by atoms with Crippen molar-refractivity contribution in [1.29, 1.82) is 0 Å². The fourth-order valence-electron chi connectivity index (χ4n) is 1.73. The van der Waals surface area contributed by atoms with Crippen molar-refractivity contribution in [3.63, 3.8) is 0 Å². The molecule has 0 unspecified atom stereocenters. The lowest BCUT2D eigenvalue weighted by molar-refractivity contribution is 0.293. The molecule has 7 heteroatoms. The van der Waals surface area contributed by atoms with Crippen molar-refractivity contribution in [2.24, 2.45) is 0 Å². The lowest BCUT2D eigenvalue weighted by Gasteiger charge is -2.19. The molecule has 108 valence electrons. The molecule has 0 saturated carbocycles. The minimum Gasteiger partial charge on any atom is -0.328 e. The molecule has 6 nitrogen and oxygen atoms in total. The summed E-state index contributed by atoms with van der Waals surface area (Å²) in [6.45, 7) is 7.02. The highest BCUT2D eigenvalue weighted by atomic mass is 32.2. The normalized spacial score (nSPS) is 11.9. The zero-order valence-corrected chi connectivity index (χ0v) is 12.2. The number of sulfonamides is 1. The Labute approximate surface area is 113 Å². The van der Waals surface area contributed by atoms with Crippen molar-refractivity contribution in [2.75, 3.05) is 26.2 Å². The first-order chi connectivity index (χ1) is 8.99. The Morgan fingerprint density at radius 1 is 1.26 bits per heavy atom. The number of hydrogen-bond acceptors (Lipinski definition) is 4. The average molecular weight is 287 g/mol. The monoisotopic (exact) mass is 287 g/mol. The molecule has 0 saturated heterocycles. The Kier molecular flexibility index (Phi) is 6.20. The molecule has 0 bridgehead atoms. The molecule has 0 aliphatic rings. The van der Waals surface area contributed by atoms with Crippen molar-refractivity contribution in [3.8, 4) is 0 Å². The molecule has 1 aromatic rings. The number of pyridine rings is 1. The summed E-state index contributed by atoms with van der Waals surface area (Å²) in [5.74, 6) is 0. The fraction of sp³-hybridized carbons (Fsp3) is 0.583. The third-order valence-electron chi connectivity index (χ3n) is 2.77. The quantitative estimate of drug-likeness (QED) is 0.724. The number of nitrogens with zero attached hydrogens (tertiary/aromatic N) is 1. The molecule has 1 rings (SSSR count). The number of hydrogen-bond donors (Lipinski definition) is 2. The second-order valence-corrected chi connectivity index (χ2v) is 5.99. The molecular formula is C12H21N3O3S. The van der Waals surface area contributed by atoms with E-state index >= 15 is 0 Å². The van der Waals surface area contributed by atoms with Crippen LogP contribution in [0.4, 0.5) is 0 Å². The van der Waals surface area contributed by atoms with Gasteiger partial charge in [-0.2, -0.15) is 0 Å². The number of nitrogens with one attached hydrogen (secondary N) is 2. The van der Waals surface area contributed by atoms with Crippen molar-refractivity contribution in [2.45, 2.75) is 25.2 Å². The van der Waals surface area contributed by atoms with Gasteiger partial charge in [0.1, 0.15) is 0 Å². The number of aromatic amines is 1. The van der Waals surface area contributed by atoms with Crippen LogP contribution >= 0.6 is 0 Å². The Morgan fingerprint density at radius 3 is 2.53 bits per heavy atom. The highest BCUT2D eigenvalue weighted by Gasteiger charge is 2.13. The highest BCUT2D eigenvalue weighted by molar-refractivity contribution is 7.89. The lowest BCUT2D eigenvalue weighted by atomic mass is 10.4. The van der Waals surface area contributed by atoms with Gasteiger partial charge < -0.3 is 9.88 Å². The van der Waals surface area contributed by atoms with Crippen LogP contribution in [0, 0.1) is 0 Å². The van der Waals surface area contributed by atoms with E-state index in [4.69, 9.17) is 0 Å². The number of rotatable bonds is 8. The second-order valence-electron chi connectivity index (χ2n) is 4.22. The van der Waals surface area contributed by atoms with Crippen molar-refractivity contribution < 1.29 is 8.42 Å². The average Bonchev–Trinajstić information content (AvgIpc) is 2.38. The first kappa shape index (κ1) is 15.9. The molecule has 0 aromatic carbocycles. The molecule has 0 radical (unpaired) electrons. The van der Waals surface area contributed by atoms with Crippen LogP contribution in [0.1, 0.15) is 20.3 Å². The van der Waals surface area contributed by atoms with Crippen molar-refractivity contribution in [1.82, 2.24) is 14.6 Å². The van der Waals surface area contributed by atoms with Crippen LogP contribution in [0.25, 0.3) is 0 Å². The molecule has 0 aliphatic heterocycles. The molecule has 1 heterocycles. The first-order valence-electron chi connectivity index (χ1n) is 6.40. The largest absolute Gasteiger partial charge is 0.328 e. The Balaban J connectivity index is 2.56. The Hall–Kier alpha value is -1.18. The summed E-state index contributed by atoms with van der Waals surface area (Å²) < 4.78 is 26.4. The van der Waals surface area contributed by atoms with Gasteiger partial charge in [0.15, 0.2) is 0 Å². The van der Waals surface area contributed by atoms with Crippen LogP contribution < -0.4 is 10.3 Å². The van der Waals surface area contributed by atoms with Crippen LogP contribution in [0.15, 0.2) is 28.0 Å². The van der Waals surface area contributed by atoms with E-state index in [1.54, 1.807) is 0 Å². The van der Waals surface area contributed by atoms with E-state index in [9.17, 15) is 13.2 Å². The van der Waals surface area contributed by atoms with E-state index in [1.807, 2.05) is 6.92 Å². The minimum absolute atomic E-state index is 0.0747. The predicted octanol–water partition coefficient (Wildman–Crippen LogP) is 0.385. The van der Waals surface area contributed by atoms with Gasteiger partial charge in [0.05, 0.1) is 4.90 Å². The molecule has 0 spiro atoms. The van der Waals surface area contributed by atoms with E-state index in [-0.39, 0.29) is 10.5 Å². The third-order valence-corrected chi connectivity index (χ3v) is 4.23. The van der Waals surface area contributed by atoms with Crippen LogP contribution in [0.3, 0.4) is 0 Å². The smallest absolute Gasteiger partial charge is 0.247 e. The Morgan fingerprint density at radius 2 is 2.00 bits per heavy atom. The van der Waals surface area contributed by atoms with E-state index in [0.717, 1.165) is 19.5 Å². The summed E-state index contributed by atoms with van der Waals surface area (Å²) in [4.78, 5) is 15.5. The summed E-state index contributed by atoms with van der Waals surface area (Å²) >= 11 is 0. The van der Waals surface area contributed by atoms with Crippen LogP contribution in [0.2, 0.25) is 0 Å². The summed E-state index contributed by atoms with van der Waals surface area (Å²) in [5.41, 5.74) is -0.320. The molecular weight excluding hydrogens is 266 g/mol. The molecule has 0 amide bonds. The molecule has 2 N–H and O–H groups in total. The van der Waals surface area contributed by atoms with Crippen LogP contribution in [0.5, 0.6) is 0 Å². The summed E-state index contributed by atoms with van der Waals surface area (Å²) in [7, 11) is -3.54. The van der Waals surface area contributed by atoms with Crippen molar-refractivity contribution >= 4 is 10.0 Å². The van der Waals surface area contributed by atoms with Gasteiger partial charge >= 0.3 is 0 Å². The summed E-state index contributed by atoms with van der Waals surface area (Å²) in [6, 6.07) is 2.49. The number of likely N-dealkylation sites (N-methyl/N-ethyl adjacent to an activating group) is 1. The fourth-order valence-corrected chi connectivity index (χ4v) is 2.72. The van der Waals surface area contributed by atoms with E-state index in [1.165, 1.54) is 18.3 Å². The number of H-pyrrole nitrogens is 1. The van der Waals surface area contributed by atoms with Crippen LogP contribution in [-0.2, 0) is 10.0 Å². The first-order valence-corrected chi connectivity index (χ1v) is 7.88.